The SMILES string of the molecule is CCCCCC[C@H](O)[C@@H](CI)C(C)=O. The van der Waals surface area contributed by atoms with E-state index < -0.39 is 6.10 Å². The van der Waals surface area contributed by atoms with Gasteiger partial charge in [-0.1, -0.05) is 55.2 Å². The molecule has 0 rings (SSSR count). The number of carbonyl (C=O) groups excluding carboxylic acids is 1. The summed E-state index contributed by atoms with van der Waals surface area (Å²) in [5.41, 5.74) is 0. The van der Waals surface area contributed by atoms with Gasteiger partial charge in [0.2, 0.25) is 0 Å². The van der Waals surface area contributed by atoms with Gasteiger partial charge in [0.05, 0.1) is 12.0 Å². The van der Waals surface area contributed by atoms with E-state index in [2.05, 4.69) is 29.5 Å². The van der Waals surface area contributed by atoms with Crippen LogP contribution in [-0.4, -0.2) is 21.4 Å². The van der Waals surface area contributed by atoms with Crippen LogP contribution in [0, 0.1) is 5.92 Å². The zero-order valence-electron chi connectivity index (χ0n) is 9.13. The minimum Gasteiger partial charge on any atom is -0.392 e. The summed E-state index contributed by atoms with van der Waals surface area (Å²) >= 11 is 2.17. The van der Waals surface area contributed by atoms with Crippen LogP contribution < -0.4 is 0 Å². The first-order chi connectivity index (χ1) is 6.63. The Morgan fingerprint density at radius 3 is 2.43 bits per heavy atom. The molecule has 0 spiro atoms. The Hall–Kier alpha value is 0.360. The first-order valence-electron chi connectivity index (χ1n) is 5.38. The lowest BCUT2D eigenvalue weighted by molar-refractivity contribution is -0.123. The molecule has 0 radical (unpaired) electrons. The molecule has 84 valence electrons. The third-order valence-corrected chi connectivity index (χ3v) is 3.46. The Bertz CT molecular complexity index is 159. The number of aliphatic hydroxyl groups is 1. The Balaban J connectivity index is 3.69. The number of ketones is 1. The van der Waals surface area contributed by atoms with Crippen LogP contribution in [-0.2, 0) is 4.79 Å². The standard InChI is InChI=1S/C11H21IO2/c1-3-4-5-6-7-11(14)10(8-12)9(2)13/h10-11,14H,3-8H2,1-2H3/t10-,11-/m0/s1. The number of Topliss-reactive ketones (excluding diaryl/α,β-unsaturated/α-hetero) is 1. The smallest absolute Gasteiger partial charge is 0.136 e. The van der Waals surface area contributed by atoms with Crippen molar-refractivity contribution < 1.29 is 9.90 Å². The first kappa shape index (κ1) is 14.4. The van der Waals surface area contributed by atoms with Gasteiger partial charge >= 0.3 is 0 Å². The third-order valence-electron chi connectivity index (χ3n) is 2.51. The maximum atomic E-state index is 11.1. The van der Waals surface area contributed by atoms with E-state index in [1.807, 2.05) is 0 Å². The molecule has 0 aliphatic rings. The molecule has 0 aromatic heterocycles. The molecule has 0 saturated heterocycles. The maximum Gasteiger partial charge on any atom is 0.136 e. The molecule has 2 nitrogen and oxygen atoms in total. The van der Waals surface area contributed by atoms with E-state index in [4.69, 9.17) is 0 Å². The van der Waals surface area contributed by atoms with E-state index in [9.17, 15) is 9.90 Å². The number of halogens is 1. The number of carbonyl (C=O) groups is 1. The van der Waals surface area contributed by atoms with Gasteiger partial charge in [-0.3, -0.25) is 4.79 Å². The third kappa shape index (κ3) is 5.96. The number of rotatable bonds is 8. The van der Waals surface area contributed by atoms with E-state index in [0.717, 1.165) is 17.3 Å². The summed E-state index contributed by atoms with van der Waals surface area (Å²) in [6.45, 7) is 3.73. The topological polar surface area (TPSA) is 37.3 Å². The van der Waals surface area contributed by atoms with E-state index in [-0.39, 0.29) is 11.7 Å². The number of alkyl halides is 1. The number of hydrogen-bond acceptors (Lipinski definition) is 2. The lowest BCUT2D eigenvalue weighted by atomic mass is 9.96. The summed E-state index contributed by atoms with van der Waals surface area (Å²) in [6.07, 6.45) is 4.98. The maximum absolute atomic E-state index is 11.1. The Kier molecular flexibility index (Phi) is 8.87. The molecule has 0 fully saturated rings. The van der Waals surface area contributed by atoms with Crippen LogP contribution in [0.2, 0.25) is 0 Å². The minimum absolute atomic E-state index is 0.113. The Labute approximate surface area is 101 Å². The van der Waals surface area contributed by atoms with Gasteiger partial charge in [0, 0.05) is 4.43 Å². The molecule has 14 heavy (non-hydrogen) atoms. The van der Waals surface area contributed by atoms with Crippen molar-refractivity contribution in [1.29, 1.82) is 0 Å². The fourth-order valence-electron chi connectivity index (χ4n) is 1.46. The van der Waals surface area contributed by atoms with Gasteiger partial charge in [-0.25, -0.2) is 0 Å². The van der Waals surface area contributed by atoms with Gasteiger partial charge < -0.3 is 5.11 Å². The van der Waals surface area contributed by atoms with Crippen molar-refractivity contribution in [1.82, 2.24) is 0 Å². The predicted molar refractivity (Wildman–Crippen MR) is 67.8 cm³/mol. The van der Waals surface area contributed by atoms with Gasteiger partial charge in [0.15, 0.2) is 0 Å². The molecule has 3 heteroatoms. The number of hydrogen-bond donors (Lipinski definition) is 1. The highest BCUT2D eigenvalue weighted by atomic mass is 127. The van der Waals surface area contributed by atoms with Crippen molar-refractivity contribution in [2.24, 2.45) is 5.92 Å². The second kappa shape index (κ2) is 8.65. The van der Waals surface area contributed by atoms with Gasteiger partial charge in [-0.15, -0.1) is 0 Å². The summed E-state index contributed by atoms with van der Waals surface area (Å²) < 4.78 is 0.724. The molecular formula is C11H21IO2. The molecule has 0 amide bonds. The van der Waals surface area contributed by atoms with Crippen molar-refractivity contribution in [2.75, 3.05) is 4.43 Å². The van der Waals surface area contributed by atoms with E-state index in [1.165, 1.54) is 19.3 Å². The van der Waals surface area contributed by atoms with Crippen molar-refractivity contribution in [3.05, 3.63) is 0 Å². The molecule has 0 saturated carbocycles. The quantitative estimate of drug-likeness (QED) is 0.425. The van der Waals surface area contributed by atoms with Gasteiger partial charge in [0.25, 0.3) is 0 Å². The lowest BCUT2D eigenvalue weighted by Crippen LogP contribution is -2.27. The average molecular weight is 312 g/mol. The zero-order valence-corrected chi connectivity index (χ0v) is 11.3. The Morgan fingerprint density at radius 1 is 1.36 bits per heavy atom. The molecule has 0 bridgehead atoms. The van der Waals surface area contributed by atoms with Crippen molar-refractivity contribution in [2.45, 2.75) is 52.1 Å². The molecule has 1 N–H and O–H groups in total. The largest absolute Gasteiger partial charge is 0.392 e. The normalized spacial score (nSPS) is 15.1. The molecule has 0 heterocycles. The molecule has 0 aromatic carbocycles. The fourth-order valence-corrected chi connectivity index (χ4v) is 2.67. The van der Waals surface area contributed by atoms with Crippen molar-refractivity contribution in [3.8, 4) is 0 Å². The fraction of sp³-hybridized carbons (Fsp3) is 0.909. The highest BCUT2D eigenvalue weighted by Crippen LogP contribution is 2.15. The van der Waals surface area contributed by atoms with Crippen LogP contribution in [0.25, 0.3) is 0 Å². The lowest BCUT2D eigenvalue weighted by Gasteiger charge is -2.17. The minimum atomic E-state index is -0.429. The molecule has 0 unspecified atom stereocenters. The van der Waals surface area contributed by atoms with Crippen LogP contribution in [0.5, 0.6) is 0 Å². The molecule has 0 aliphatic heterocycles. The highest BCUT2D eigenvalue weighted by Gasteiger charge is 2.21. The van der Waals surface area contributed by atoms with Crippen molar-refractivity contribution in [3.63, 3.8) is 0 Å². The summed E-state index contributed by atoms with van der Waals surface area (Å²) in [7, 11) is 0. The monoisotopic (exact) mass is 312 g/mol. The van der Waals surface area contributed by atoms with Gasteiger partial charge in [0.1, 0.15) is 5.78 Å². The van der Waals surface area contributed by atoms with Crippen LogP contribution in [0.4, 0.5) is 0 Å². The van der Waals surface area contributed by atoms with Gasteiger partial charge in [-0.05, 0) is 13.3 Å². The highest BCUT2D eigenvalue weighted by molar-refractivity contribution is 14.1. The van der Waals surface area contributed by atoms with Crippen LogP contribution >= 0.6 is 22.6 Å². The van der Waals surface area contributed by atoms with Crippen LogP contribution in [0.15, 0.2) is 0 Å². The van der Waals surface area contributed by atoms with Gasteiger partial charge in [-0.2, -0.15) is 0 Å². The second-order valence-corrected chi connectivity index (χ2v) is 4.67. The van der Waals surface area contributed by atoms with Crippen LogP contribution in [0.3, 0.4) is 0 Å². The molecular weight excluding hydrogens is 291 g/mol. The summed E-state index contributed by atoms with van der Waals surface area (Å²) in [5.74, 6) is -0.0420. The summed E-state index contributed by atoms with van der Waals surface area (Å²) in [6, 6.07) is 0. The van der Waals surface area contributed by atoms with E-state index in [0.29, 0.717) is 0 Å². The van der Waals surface area contributed by atoms with E-state index >= 15 is 0 Å². The first-order valence-corrected chi connectivity index (χ1v) is 6.90. The van der Waals surface area contributed by atoms with E-state index in [1.54, 1.807) is 6.92 Å². The molecule has 2 atom stereocenters. The predicted octanol–water partition coefficient (Wildman–Crippen LogP) is 2.96. The second-order valence-electron chi connectivity index (χ2n) is 3.79. The van der Waals surface area contributed by atoms with Crippen molar-refractivity contribution >= 4 is 28.4 Å². The summed E-state index contributed by atoms with van der Waals surface area (Å²) in [4.78, 5) is 11.1. The summed E-state index contributed by atoms with van der Waals surface area (Å²) in [5, 5.41) is 9.75. The Morgan fingerprint density at radius 2 is 2.00 bits per heavy atom. The average Bonchev–Trinajstić information content (AvgIpc) is 2.13. The number of unbranched alkanes of at least 4 members (excludes halogenated alkanes) is 3. The van der Waals surface area contributed by atoms with Crippen LogP contribution in [0.1, 0.15) is 46.0 Å². The number of aliphatic hydroxyl groups excluding tert-OH is 1. The molecule has 0 aromatic rings. The molecule has 0 aliphatic carbocycles. The zero-order chi connectivity index (χ0) is 11.0.